The number of hydrogen-bond acceptors (Lipinski definition) is 3. The third kappa shape index (κ3) is 3.11. The van der Waals surface area contributed by atoms with E-state index in [-0.39, 0.29) is 5.78 Å². The number of carbonyl (C=O) groups excluding carboxylic acids is 1. The smallest absolute Gasteiger partial charge is 0.171 e. The van der Waals surface area contributed by atoms with Crippen LogP contribution in [0.5, 0.6) is 11.5 Å². The molecule has 0 spiro atoms. The van der Waals surface area contributed by atoms with E-state index in [9.17, 15) is 4.79 Å². The van der Waals surface area contributed by atoms with E-state index in [0.717, 1.165) is 5.56 Å². The molecule has 2 aromatic rings. The van der Waals surface area contributed by atoms with Crippen molar-refractivity contribution in [3.05, 3.63) is 58.6 Å². The third-order valence-electron chi connectivity index (χ3n) is 2.98. The summed E-state index contributed by atoms with van der Waals surface area (Å²) in [5.41, 5.74) is 1.42. The van der Waals surface area contributed by atoms with Crippen molar-refractivity contribution in [2.75, 3.05) is 14.2 Å². The van der Waals surface area contributed by atoms with E-state index in [4.69, 9.17) is 21.1 Å². The van der Waals surface area contributed by atoms with Crippen LogP contribution in [0.25, 0.3) is 0 Å². The number of halogens is 1. The number of para-hydroxylation sites is 1. The number of rotatable bonds is 5. The minimum atomic E-state index is -0.0249. The molecule has 0 heterocycles. The molecule has 20 heavy (non-hydrogen) atoms. The predicted octanol–water partition coefficient (Wildman–Crippen LogP) is 3.78. The molecule has 0 bridgehead atoms. The average molecular weight is 291 g/mol. The Bertz CT molecular complexity index is 606. The third-order valence-corrected chi connectivity index (χ3v) is 3.23. The van der Waals surface area contributed by atoms with E-state index in [1.807, 2.05) is 12.1 Å². The highest BCUT2D eigenvalue weighted by Gasteiger charge is 2.16. The second-order valence-corrected chi connectivity index (χ2v) is 4.70. The summed E-state index contributed by atoms with van der Waals surface area (Å²) in [4.78, 5) is 12.4. The first-order chi connectivity index (χ1) is 9.65. The summed E-state index contributed by atoms with van der Waals surface area (Å²) in [5, 5.41) is 0.653. The van der Waals surface area contributed by atoms with Crippen molar-refractivity contribution in [3.63, 3.8) is 0 Å². The van der Waals surface area contributed by atoms with Gasteiger partial charge in [0.2, 0.25) is 0 Å². The normalized spacial score (nSPS) is 10.2. The van der Waals surface area contributed by atoms with E-state index < -0.39 is 0 Å². The van der Waals surface area contributed by atoms with Gasteiger partial charge in [0.25, 0.3) is 0 Å². The zero-order valence-electron chi connectivity index (χ0n) is 11.4. The van der Waals surface area contributed by atoms with Gasteiger partial charge in [0.05, 0.1) is 19.8 Å². The Morgan fingerprint density at radius 1 is 1.05 bits per heavy atom. The summed E-state index contributed by atoms with van der Waals surface area (Å²) in [6.45, 7) is 0. The molecule has 104 valence electrons. The van der Waals surface area contributed by atoms with E-state index >= 15 is 0 Å². The van der Waals surface area contributed by atoms with Crippen molar-refractivity contribution in [2.45, 2.75) is 6.42 Å². The van der Waals surface area contributed by atoms with E-state index in [1.165, 1.54) is 7.11 Å². The highest BCUT2D eigenvalue weighted by molar-refractivity contribution is 6.30. The SMILES string of the molecule is COc1cccc(C(=O)Cc2ccc(Cl)cc2)c1OC. The number of carbonyl (C=O) groups is 1. The number of Topliss-reactive ketones (excluding diaryl/α,β-unsaturated/α-hetero) is 1. The van der Waals surface area contributed by atoms with Gasteiger partial charge in [-0.3, -0.25) is 4.79 Å². The van der Waals surface area contributed by atoms with Crippen LogP contribution in [-0.2, 0) is 6.42 Å². The van der Waals surface area contributed by atoms with Crippen molar-refractivity contribution < 1.29 is 14.3 Å². The summed E-state index contributed by atoms with van der Waals surface area (Å²) in [7, 11) is 3.07. The standard InChI is InChI=1S/C16H15ClO3/c1-19-15-5-3-4-13(16(15)20-2)14(18)10-11-6-8-12(17)9-7-11/h3-9H,10H2,1-2H3. The van der Waals surface area contributed by atoms with Crippen molar-refractivity contribution in [3.8, 4) is 11.5 Å². The second kappa shape index (κ2) is 6.44. The summed E-state index contributed by atoms with van der Waals surface area (Å²) in [5.74, 6) is 0.992. The fraction of sp³-hybridized carbons (Fsp3) is 0.188. The molecule has 0 aliphatic heterocycles. The number of benzene rings is 2. The Kier molecular flexibility index (Phi) is 4.64. The van der Waals surface area contributed by atoms with E-state index in [1.54, 1.807) is 37.4 Å². The van der Waals surface area contributed by atoms with Crippen LogP contribution >= 0.6 is 11.6 Å². The molecular weight excluding hydrogens is 276 g/mol. The Morgan fingerprint density at radius 3 is 2.35 bits per heavy atom. The molecule has 2 aromatic carbocycles. The zero-order valence-corrected chi connectivity index (χ0v) is 12.1. The maximum atomic E-state index is 12.4. The lowest BCUT2D eigenvalue weighted by atomic mass is 10.0. The van der Waals surface area contributed by atoms with E-state index in [0.29, 0.717) is 28.5 Å². The van der Waals surface area contributed by atoms with Crippen LogP contribution in [0.3, 0.4) is 0 Å². The van der Waals surface area contributed by atoms with Crippen LogP contribution in [0.2, 0.25) is 5.02 Å². The van der Waals surface area contributed by atoms with Gasteiger partial charge in [-0.05, 0) is 29.8 Å². The first-order valence-electron chi connectivity index (χ1n) is 6.14. The maximum absolute atomic E-state index is 12.4. The Hall–Kier alpha value is -2.00. The van der Waals surface area contributed by atoms with Gasteiger partial charge in [-0.25, -0.2) is 0 Å². The quantitative estimate of drug-likeness (QED) is 0.786. The number of ketones is 1. The van der Waals surface area contributed by atoms with Crippen molar-refractivity contribution in [1.82, 2.24) is 0 Å². The first-order valence-corrected chi connectivity index (χ1v) is 6.52. The van der Waals surface area contributed by atoms with Crippen LogP contribution in [0, 0.1) is 0 Å². The van der Waals surface area contributed by atoms with Gasteiger partial charge in [-0.2, -0.15) is 0 Å². The van der Waals surface area contributed by atoms with Gasteiger partial charge in [0.15, 0.2) is 17.3 Å². The molecule has 0 N–H and O–H groups in total. The number of hydrogen-bond donors (Lipinski definition) is 0. The maximum Gasteiger partial charge on any atom is 0.171 e. The van der Waals surface area contributed by atoms with Crippen LogP contribution in [0.15, 0.2) is 42.5 Å². The first kappa shape index (κ1) is 14.4. The monoisotopic (exact) mass is 290 g/mol. The van der Waals surface area contributed by atoms with Gasteiger partial charge in [0, 0.05) is 11.4 Å². The van der Waals surface area contributed by atoms with Crippen LogP contribution in [0.1, 0.15) is 15.9 Å². The van der Waals surface area contributed by atoms with Crippen LogP contribution in [-0.4, -0.2) is 20.0 Å². The van der Waals surface area contributed by atoms with Crippen molar-refractivity contribution in [2.24, 2.45) is 0 Å². The van der Waals surface area contributed by atoms with Gasteiger partial charge < -0.3 is 9.47 Å². The van der Waals surface area contributed by atoms with Crippen molar-refractivity contribution >= 4 is 17.4 Å². The molecule has 0 fully saturated rings. The molecule has 0 unspecified atom stereocenters. The summed E-state index contributed by atoms with van der Waals surface area (Å²) < 4.78 is 10.5. The topological polar surface area (TPSA) is 35.5 Å². The largest absolute Gasteiger partial charge is 0.493 e. The number of ether oxygens (including phenoxy) is 2. The number of methoxy groups -OCH3 is 2. The molecule has 3 nitrogen and oxygen atoms in total. The van der Waals surface area contributed by atoms with Crippen LogP contribution in [0.4, 0.5) is 0 Å². The summed E-state index contributed by atoms with van der Waals surface area (Å²) >= 11 is 5.83. The molecule has 0 saturated carbocycles. The highest BCUT2D eigenvalue weighted by Crippen LogP contribution is 2.31. The molecule has 0 aliphatic carbocycles. The summed E-state index contributed by atoms with van der Waals surface area (Å²) in [6.07, 6.45) is 0.292. The second-order valence-electron chi connectivity index (χ2n) is 4.27. The van der Waals surface area contributed by atoms with Gasteiger partial charge in [-0.1, -0.05) is 29.8 Å². The lowest BCUT2D eigenvalue weighted by molar-refractivity contribution is 0.0989. The molecule has 2 rings (SSSR count). The summed E-state index contributed by atoms with van der Waals surface area (Å²) in [6, 6.07) is 12.5. The van der Waals surface area contributed by atoms with Gasteiger partial charge >= 0.3 is 0 Å². The molecular formula is C16H15ClO3. The lowest BCUT2D eigenvalue weighted by Gasteiger charge is -2.11. The van der Waals surface area contributed by atoms with Gasteiger partial charge in [0.1, 0.15) is 0 Å². The molecule has 0 amide bonds. The zero-order chi connectivity index (χ0) is 14.5. The fourth-order valence-electron chi connectivity index (χ4n) is 1.99. The van der Waals surface area contributed by atoms with E-state index in [2.05, 4.69) is 0 Å². The van der Waals surface area contributed by atoms with Crippen molar-refractivity contribution in [1.29, 1.82) is 0 Å². The minimum Gasteiger partial charge on any atom is -0.493 e. The Balaban J connectivity index is 2.27. The average Bonchev–Trinajstić information content (AvgIpc) is 2.48. The molecule has 0 saturated heterocycles. The molecule has 4 heteroatoms. The minimum absolute atomic E-state index is 0.0249. The van der Waals surface area contributed by atoms with Crippen LogP contribution < -0.4 is 9.47 Å². The molecule has 0 aliphatic rings. The highest BCUT2D eigenvalue weighted by atomic mass is 35.5. The Labute approximate surface area is 123 Å². The van der Waals surface area contributed by atoms with Gasteiger partial charge in [-0.15, -0.1) is 0 Å². The lowest BCUT2D eigenvalue weighted by Crippen LogP contribution is -2.06. The molecule has 0 atom stereocenters. The Morgan fingerprint density at radius 2 is 1.75 bits per heavy atom. The predicted molar refractivity (Wildman–Crippen MR) is 79.0 cm³/mol. The fourth-order valence-corrected chi connectivity index (χ4v) is 2.12. The molecule has 0 radical (unpaired) electrons. The molecule has 0 aromatic heterocycles.